The second kappa shape index (κ2) is 8.29. The summed E-state index contributed by atoms with van der Waals surface area (Å²) in [5.74, 6) is -0.431. The third kappa shape index (κ3) is 4.22. The van der Waals surface area contributed by atoms with E-state index in [-0.39, 0.29) is 17.2 Å². The largest absolute Gasteiger partial charge is 0.493 e. The number of carboxylic acid groups (broad SMARTS) is 1. The molecule has 1 aromatic heterocycles. The maximum Gasteiger partial charge on any atom is 0.339 e. The van der Waals surface area contributed by atoms with E-state index < -0.39 is 5.97 Å². The second-order valence-electron chi connectivity index (χ2n) is 5.60. The van der Waals surface area contributed by atoms with Gasteiger partial charge in [-0.25, -0.2) is 14.8 Å². The summed E-state index contributed by atoms with van der Waals surface area (Å²) in [7, 11) is 0. The van der Waals surface area contributed by atoms with Gasteiger partial charge < -0.3 is 15.6 Å². The van der Waals surface area contributed by atoms with Crippen molar-refractivity contribution >= 4 is 11.9 Å². The molecule has 0 saturated carbocycles. The van der Waals surface area contributed by atoms with Crippen molar-refractivity contribution in [3.05, 3.63) is 35.5 Å². The van der Waals surface area contributed by atoms with E-state index in [4.69, 9.17) is 10.5 Å². The Morgan fingerprint density at radius 3 is 2.67 bits per heavy atom. The van der Waals surface area contributed by atoms with E-state index in [1.165, 1.54) is 6.42 Å². The Bertz CT molecular complexity index is 717. The van der Waals surface area contributed by atoms with Gasteiger partial charge >= 0.3 is 5.97 Å². The molecule has 24 heavy (non-hydrogen) atoms. The zero-order valence-corrected chi connectivity index (χ0v) is 14.1. The highest BCUT2D eigenvalue weighted by molar-refractivity contribution is 5.96. The predicted octanol–water partition coefficient (Wildman–Crippen LogP) is 3.69. The molecule has 1 heterocycles. The van der Waals surface area contributed by atoms with Crippen molar-refractivity contribution in [3.8, 4) is 17.0 Å². The van der Waals surface area contributed by atoms with Crippen molar-refractivity contribution < 1.29 is 14.6 Å². The van der Waals surface area contributed by atoms with Gasteiger partial charge in [0.2, 0.25) is 5.95 Å². The molecule has 0 amide bonds. The molecule has 6 heteroatoms. The van der Waals surface area contributed by atoms with Crippen LogP contribution in [0.3, 0.4) is 0 Å². The molecule has 2 rings (SSSR count). The minimum atomic E-state index is -1.08. The molecule has 0 spiro atoms. The molecular formula is C18H23N3O3. The molecule has 128 valence electrons. The van der Waals surface area contributed by atoms with E-state index in [0.717, 1.165) is 19.3 Å². The highest BCUT2D eigenvalue weighted by Crippen LogP contribution is 2.32. The van der Waals surface area contributed by atoms with Crippen LogP contribution in [0.2, 0.25) is 0 Å². The highest BCUT2D eigenvalue weighted by atomic mass is 16.5. The molecule has 0 aliphatic heterocycles. The smallest absolute Gasteiger partial charge is 0.339 e. The summed E-state index contributed by atoms with van der Waals surface area (Å²) in [6.07, 6.45) is 4.41. The summed E-state index contributed by atoms with van der Waals surface area (Å²) in [6, 6.07) is 7.27. The number of ether oxygens (including phenoxy) is 1. The summed E-state index contributed by atoms with van der Waals surface area (Å²) >= 11 is 0. The Morgan fingerprint density at radius 2 is 1.96 bits per heavy atom. The fourth-order valence-corrected chi connectivity index (χ4v) is 2.54. The number of nitrogens with zero attached hydrogens (tertiary/aromatic N) is 2. The molecule has 0 atom stereocenters. The van der Waals surface area contributed by atoms with Crippen LogP contribution < -0.4 is 10.5 Å². The molecule has 0 aliphatic carbocycles. The lowest BCUT2D eigenvalue weighted by atomic mass is 10.0. The first kappa shape index (κ1) is 17.7. The van der Waals surface area contributed by atoms with Crippen molar-refractivity contribution in [2.75, 3.05) is 12.3 Å². The Hall–Kier alpha value is -2.63. The lowest BCUT2D eigenvalue weighted by Crippen LogP contribution is -2.10. The fraction of sp³-hybridized carbons (Fsp3) is 0.389. The quantitative estimate of drug-likeness (QED) is 0.717. The minimum absolute atomic E-state index is 0.0465. The maximum absolute atomic E-state index is 11.6. The topological polar surface area (TPSA) is 98.3 Å². The van der Waals surface area contributed by atoms with Gasteiger partial charge in [0.05, 0.1) is 18.0 Å². The number of unbranched alkanes of at least 4 members (excludes halogenated alkanes) is 3. The SMILES string of the molecule is CCCCCCOc1ccccc1-c1nc(N)nc(C)c1C(=O)O. The number of nitrogen functional groups attached to an aromatic ring is 1. The molecule has 0 bridgehead atoms. The molecule has 0 fully saturated rings. The minimum Gasteiger partial charge on any atom is -0.493 e. The van der Waals surface area contributed by atoms with Crippen LogP contribution in [0.15, 0.2) is 24.3 Å². The number of aryl methyl sites for hydroxylation is 1. The third-order valence-electron chi connectivity index (χ3n) is 3.72. The van der Waals surface area contributed by atoms with Crippen LogP contribution in [0, 0.1) is 6.92 Å². The normalized spacial score (nSPS) is 10.6. The van der Waals surface area contributed by atoms with Crippen LogP contribution in [-0.2, 0) is 0 Å². The first-order valence-corrected chi connectivity index (χ1v) is 8.14. The number of benzene rings is 1. The summed E-state index contributed by atoms with van der Waals surface area (Å²) in [6.45, 7) is 4.35. The number of rotatable bonds is 8. The number of aromatic carboxylic acids is 1. The van der Waals surface area contributed by atoms with Gasteiger partial charge in [-0.05, 0) is 25.5 Å². The lowest BCUT2D eigenvalue weighted by molar-refractivity contribution is 0.0696. The Morgan fingerprint density at radius 1 is 1.21 bits per heavy atom. The molecule has 0 aliphatic rings. The van der Waals surface area contributed by atoms with E-state index in [2.05, 4.69) is 16.9 Å². The summed E-state index contributed by atoms with van der Waals surface area (Å²) < 4.78 is 5.86. The van der Waals surface area contributed by atoms with Crippen molar-refractivity contribution in [1.82, 2.24) is 9.97 Å². The van der Waals surface area contributed by atoms with Gasteiger partial charge in [0.15, 0.2) is 0 Å². The van der Waals surface area contributed by atoms with E-state index in [1.807, 2.05) is 18.2 Å². The fourth-order valence-electron chi connectivity index (χ4n) is 2.54. The van der Waals surface area contributed by atoms with Crippen molar-refractivity contribution in [2.24, 2.45) is 0 Å². The highest BCUT2D eigenvalue weighted by Gasteiger charge is 2.21. The van der Waals surface area contributed by atoms with Crippen LogP contribution >= 0.6 is 0 Å². The molecular weight excluding hydrogens is 306 g/mol. The number of nitrogens with two attached hydrogens (primary N) is 1. The molecule has 0 radical (unpaired) electrons. The van der Waals surface area contributed by atoms with Gasteiger partial charge in [0.25, 0.3) is 0 Å². The zero-order chi connectivity index (χ0) is 17.5. The Balaban J connectivity index is 2.34. The first-order chi connectivity index (χ1) is 11.5. The number of hydrogen-bond acceptors (Lipinski definition) is 5. The van der Waals surface area contributed by atoms with Crippen LogP contribution in [0.5, 0.6) is 5.75 Å². The molecule has 0 unspecified atom stereocenters. The summed E-state index contributed by atoms with van der Waals surface area (Å²) in [5.41, 5.74) is 7.00. The van der Waals surface area contributed by atoms with E-state index in [9.17, 15) is 9.90 Å². The van der Waals surface area contributed by atoms with Crippen molar-refractivity contribution in [3.63, 3.8) is 0 Å². The number of anilines is 1. The number of hydrogen-bond donors (Lipinski definition) is 2. The van der Waals surface area contributed by atoms with Gasteiger partial charge in [0.1, 0.15) is 11.3 Å². The average molecular weight is 329 g/mol. The van der Waals surface area contributed by atoms with Gasteiger partial charge in [-0.1, -0.05) is 38.3 Å². The van der Waals surface area contributed by atoms with Gasteiger partial charge in [-0.15, -0.1) is 0 Å². The Labute approximate surface area is 141 Å². The first-order valence-electron chi connectivity index (χ1n) is 8.14. The second-order valence-corrected chi connectivity index (χ2v) is 5.60. The molecule has 2 aromatic rings. The standard InChI is InChI=1S/C18H23N3O3/c1-3-4-5-8-11-24-14-10-7-6-9-13(14)16-15(17(22)23)12(2)20-18(19)21-16/h6-7,9-10H,3-5,8,11H2,1-2H3,(H,22,23)(H2,19,20,21). The summed E-state index contributed by atoms with van der Waals surface area (Å²) in [5, 5.41) is 9.50. The van der Waals surface area contributed by atoms with Gasteiger partial charge in [0, 0.05) is 5.56 Å². The van der Waals surface area contributed by atoms with Crippen molar-refractivity contribution in [1.29, 1.82) is 0 Å². The van der Waals surface area contributed by atoms with E-state index in [0.29, 0.717) is 23.6 Å². The maximum atomic E-state index is 11.6. The average Bonchev–Trinajstić information content (AvgIpc) is 2.54. The lowest BCUT2D eigenvalue weighted by Gasteiger charge is -2.14. The number of aromatic nitrogens is 2. The number of carboxylic acids is 1. The zero-order valence-electron chi connectivity index (χ0n) is 14.1. The number of para-hydroxylation sites is 1. The third-order valence-corrected chi connectivity index (χ3v) is 3.72. The van der Waals surface area contributed by atoms with Gasteiger partial charge in [-0.2, -0.15) is 0 Å². The molecule has 1 aromatic carbocycles. The van der Waals surface area contributed by atoms with Crippen molar-refractivity contribution in [2.45, 2.75) is 39.5 Å². The van der Waals surface area contributed by atoms with E-state index >= 15 is 0 Å². The Kier molecular flexibility index (Phi) is 6.12. The van der Waals surface area contributed by atoms with Gasteiger partial charge in [-0.3, -0.25) is 0 Å². The van der Waals surface area contributed by atoms with Crippen LogP contribution in [-0.4, -0.2) is 27.7 Å². The monoisotopic (exact) mass is 329 g/mol. The molecule has 3 N–H and O–H groups in total. The predicted molar refractivity (Wildman–Crippen MR) is 93.2 cm³/mol. The van der Waals surface area contributed by atoms with Crippen LogP contribution in [0.4, 0.5) is 5.95 Å². The van der Waals surface area contributed by atoms with Crippen LogP contribution in [0.1, 0.15) is 48.7 Å². The van der Waals surface area contributed by atoms with Crippen LogP contribution in [0.25, 0.3) is 11.3 Å². The summed E-state index contributed by atoms with van der Waals surface area (Å²) in [4.78, 5) is 19.7. The van der Waals surface area contributed by atoms with E-state index in [1.54, 1.807) is 13.0 Å². The molecule has 0 saturated heterocycles. The molecule has 6 nitrogen and oxygen atoms in total. The number of carbonyl (C=O) groups is 1.